The number of aliphatic hydroxyl groups excluding tert-OH is 1. The Bertz CT molecular complexity index is 665. The molecule has 2 rings (SSSR count). The van der Waals surface area contributed by atoms with Gasteiger partial charge in [-0.2, -0.15) is 0 Å². The minimum Gasteiger partial charge on any atom is -0.393 e. The van der Waals surface area contributed by atoms with Crippen molar-refractivity contribution in [1.29, 1.82) is 0 Å². The summed E-state index contributed by atoms with van der Waals surface area (Å²) in [6.07, 6.45) is 0.813. The molecule has 0 saturated heterocycles. The van der Waals surface area contributed by atoms with E-state index in [-0.39, 0.29) is 29.1 Å². The summed E-state index contributed by atoms with van der Waals surface area (Å²) in [7, 11) is -3.78. The second kappa shape index (κ2) is 5.70. The Balaban J connectivity index is 2.21. The van der Waals surface area contributed by atoms with Crippen LogP contribution in [0.1, 0.15) is 24.0 Å². The molecule has 0 aromatic heterocycles. The summed E-state index contributed by atoms with van der Waals surface area (Å²) >= 11 is 0. The molecule has 8 heteroatoms. The van der Waals surface area contributed by atoms with Gasteiger partial charge < -0.3 is 5.11 Å². The molecule has 0 heterocycles. The largest absolute Gasteiger partial charge is 0.393 e. The van der Waals surface area contributed by atoms with Crippen LogP contribution in [0.25, 0.3) is 0 Å². The molecule has 21 heavy (non-hydrogen) atoms. The molecule has 116 valence electrons. The Morgan fingerprint density at radius 2 is 2.00 bits per heavy atom. The van der Waals surface area contributed by atoms with Crippen molar-refractivity contribution in [3.63, 3.8) is 0 Å². The third-order valence-corrected chi connectivity index (χ3v) is 5.30. The van der Waals surface area contributed by atoms with Gasteiger partial charge in [0, 0.05) is 18.2 Å². The average Bonchev–Trinajstić information content (AvgIpc) is 2.35. The topological polar surface area (TPSA) is 110 Å². The Kier molecular flexibility index (Phi) is 4.31. The number of nitro benzene ring substituents is 1. The lowest BCUT2D eigenvalue weighted by atomic mass is 9.83. The van der Waals surface area contributed by atoms with Crippen LogP contribution in [-0.2, 0) is 10.0 Å². The molecule has 2 N–H and O–H groups in total. The first-order valence-corrected chi connectivity index (χ1v) is 8.12. The van der Waals surface area contributed by atoms with Crippen molar-refractivity contribution >= 4 is 15.7 Å². The zero-order valence-corrected chi connectivity index (χ0v) is 12.7. The van der Waals surface area contributed by atoms with Crippen LogP contribution in [-0.4, -0.2) is 31.1 Å². The smallest absolute Gasteiger partial charge is 0.273 e. The van der Waals surface area contributed by atoms with E-state index in [1.165, 1.54) is 6.07 Å². The molecule has 0 amide bonds. The fourth-order valence-corrected chi connectivity index (χ4v) is 3.55. The highest BCUT2D eigenvalue weighted by Crippen LogP contribution is 2.28. The SMILES string of the molecule is Cc1cc(S(=O)(=O)NCC2CC(O)C2)cc([N+](=O)[O-])c1C. The van der Waals surface area contributed by atoms with Crippen molar-refractivity contribution < 1.29 is 18.4 Å². The lowest BCUT2D eigenvalue weighted by Crippen LogP contribution is -2.38. The maximum absolute atomic E-state index is 12.2. The van der Waals surface area contributed by atoms with Gasteiger partial charge in [0.15, 0.2) is 0 Å². The molecule has 1 fully saturated rings. The lowest BCUT2D eigenvalue weighted by molar-refractivity contribution is -0.385. The number of nitrogens with one attached hydrogen (secondary N) is 1. The van der Waals surface area contributed by atoms with E-state index in [1.807, 2.05) is 0 Å². The highest BCUT2D eigenvalue weighted by atomic mass is 32.2. The number of aryl methyl sites for hydroxylation is 1. The summed E-state index contributed by atoms with van der Waals surface area (Å²) in [5, 5.41) is 20.2. The van der Waals surface area contributed by atoms with Crippen LogP contribution in [0.3, 0.4) is 0 Å². The summed E-state index contributed by atoms with van der Waals surface area (Å²) in [4.78, 5) is 10.3. The van der Waals surface area contributed by atoms with Crippen molar-refractivity contribution in [2.75, 3.05) is 6.54 Å². The van der Waals surface area contributed by atoms with Crippen LogP contribution in [0.4, 0.5) is 5.69 Å². The Labute approximate surface area is 123 Å². The summed E-state index contributed by atoms with van der Waals surface area (Å²) in [5.41, 5.74) is 0.819. The first-order chi connectivity index (χ1) is 9.70. The number of nitrogens with zero attached hydrogens (tertiary/aromatic N) is 1. The van der Waals surface area contributed by atoms with E-state index in [9.17, 15) is 23.6 Å². The molecule has 1 saturated carbocycles. The van der Waals surface area contributed by atoms with E-state index in [4.69, 9.17) is 0 Å². The quantitative estimate of drug-likeness (QED) is 0.628. The predicted molar refractivity (Wildman–Crippen MR) is 76.5 cm³/mol. The van der Waals surface area contributed by atoms with Crippen LogP contribution in [0, 0.1) is 29.9 Å². The number of rotatable bonds is 5. The maximum atomic E-state index is 12.2. The molecule has 0 spiro atoms. The van der Waals surface area contributed by atoms with Crippen LogP contribution in [0.5, 0.6) is 0 Å². The zero-order chi connectivity index (χ0) is 15.8. The second-order valence-corrected chi connectivity index (χ2v) is 7.25. The first kappa shape index (κ1) is 15.9. The minimum atomic E-state index is -3.78. The van der Waals surface area contributed by atoms with E-state index in [0.29, 0.717) is 24.0 Å². The standard InChI is InChI=1S/C13H18N2O5S/c1-8-3-12(6-13(9(8)2)15(17)18)21(19,20)14-7-10-4-11(16)5-10/h3,6,10-11,14,16H,4-5,7H2,1-2H3. The Morgan fingerprint density at radius 3 is 2.52 bits per heavy atom. The highest BCUT2D eigenvalue weighted by Gasteiger charge is 2.29. The zero-order valence-electron chi connectivity index (χ0n) is 11.9. The van der Waals surface area contributed by atoms with E-state index in [1.54, 1.807) is 13.8 Å². The third kappa shape index (κ3) is 3.39. The van der Waals surface area contributed by atoms with Crippen molar-refractivity contribution in [2.24, 2.45) is 5.92 Å². The molecule has 1 aliphatic rings. The second-order valence-electron chi connectivity index (χ2n) is 5.48. The molecular weight excluding hydrogens is 296 g/mol. The molecule has 0 unspecified atom stereocenters. The summed E-state index contributed by atoms with van der Waals surface area (Å²) in [5.74, 6) is 0.122. The molecule has 0 bridgehead atoms. The molecule has 7 nitrogen and oxygen atoms in total. The van der Waals surface area contributed by atoms with Crippen molar-refractivity contribution in [3.05, 3.63) is 33.4 Å². The van der Waals surface area contributed by atoms with Gasteiger partial charge in [-0.15, -0.1) is 0 Å². The normalized spacial score (nSPS) is 21.9. The summed E-state index contributed by atoms with van der Waals surface area (Å²) in [6, 6.07) is 2.51. The van der Waals surface area contributed by atoms with E-state index < -0.39 is 14.9 Å². The van der Waals surface area contributed by atoms with E-state index >= 15 is 0 Å². The van der Waals surface area contributed by atoms with Gasteiger partial charge in [-0.1, -0.05) is 0 Å². The molecule has 0 radical (unpaired) electrons. The lowest BCUT2D eigenvalue weighted by Gasteiger charge is -2.31. The summed E-state index contributed by atoms with van der Waals surface area (Å²) in [6.45, 7) is 3.47. The first-order valence-electron chi connectivity index (χ1n) is 6.64. The number of sulfonamides is 1. The van der Waals surface area contributed by atoms with Crippen molar-refractivity contribution in [1.82, 2.24) is 4.72 Å². The molecule has 1 aromatic rings. The fraction of sp³-hybridized carbons (Fsp3) is 0.538. The van der Waals surface area contributed by atoms with Crippen LogP contribution >= 0.6 is 0 Å². The van der Waals surface area contributed by atoms with Crippen LogP contribution < -0.4 is 4.72 Å². The predicted octanol–water partition coefficient (Wildman–Crippen LogP) is 1.26. The Hall–Kier alpha value is -1.51. The monoisotopic (exact) mass is 314 g/mol. The maximum Gasteiger partial charge on any atom is 0.273 e. The number of aliphatic hydroxyl groups is 1. The average molecular weight is 314 g/mol. The molecule has 0 aliphatic heterocycles. The Morgan fingerprint density at radius 1 is 1.38 bits per heavy atom. The van der Waals surface area contributed by atoms with Gasteiger partial charge in [-0.05, 0) is 44.2 Å². The number of hydrogen-bond acceptors (Lipinski definition) is 5. The van der Waals surface area contributed by atoms with Gasteiger partial charge in [0.2, 0.25) is 10.0 Å². The van der Waals surface area contributed by atoms with Crippen LogP contribution in [0.15, 0.2) is 17.0 Å². The van der Waals surface area contributed by atoms with Gasteiger partial charge in [-0.3, -0.25) is 10.1 Å². The molecule has 1 aliphatic carbocycles. The fourth-order valence-electron chi connectivity index (χ4n) is 2.33. The van der Waals surface area contributed by atoms with Gasteiger partial charge in [0.25, 0.3) is 5.69 Å². The number of benzene rings is 1. The van der Waals surface area contributed by atoms with Crippen molar-refractivity contribution in [2.45, 2.75) is 37.7 Å². The van der Waals surface area contributed by atoms with Gasteiger partial charge in [-0.25, -0.2) is 13.1 Å². The van der Waals surface area contributed by atoms with Gasteiger partial charge in [0.1, 0.15) is 0 Å². The third-order valence-electron chi connectivity index (χ3n) is 3.89. The van der Waals surface area contributed by atoms with Gasteiger partial charge in [0.05, 0.1) is 15.9 Å². The van der Waals surface area contributed by atoms with Crippen LogP contribution in [0.2, 0.25) is 0 Å². The summed E-state index contributed by atoms with van der Waals surface area (Å²) < 4.78 is 26.8. The van der Waals surface area contributed by atoms with Gasteiger partial charge >= 0.3 is 0 Å². The van der Waals surface area contributed by atoms with Crippen molar-refractivity contribution in [3.8, 4) is 0 Å². The molecule has 1 aromatic carbocycles. The van der Waals surface area contributed by atoms with E-state index in [2.05, 4.69) is 4.72 Å². The highest BCUT2D eigenvalue weighted by molar-refractivity contribution is 7.89. The molecular formula is C13H18N2O5S. The molecule has 0 atom stereocenters. The van der Waals surface area contributed by atoms with E-state index in [0.717, 1.165) is 6.07 Å². The number of hydrogen-bond donors (Lipinski definition) is 2. The number of nitro groups is 1. The minimum absolute atomic E-state index is 0.0998.